The van der Waals surface area contributed by atoms with Gasteiger partial charge >= 0.3 is 23.9 Å². The van der Waals surface area contributed by atoms with E-state index in [1.807, 2.05) is 13.0 Å². The molecule has 0 amide bonds. The van der Waals surface area contributed by atoms with Gasteiger partial charge in [0.15, 0.2) is 0 Å². The number of carboxylic acid groups (broad SMARTS) is 2. The van der Waals surface area contributed by atoms with Gasteiger partial charge in [0.1, 0.15) is 6.61 Å². The molecule has 0 saturated heterocycles. The monoisotopic (exact) mass is 464 g/mol. The van der Waals surface area contributed by atoms with Crippen LogP contribution >= 0.6 is 15.9 Å². The largest absolute Gasteiger partial charge is 0.478 e. The number of hydrogen-bond donors (Lipinski definition) is 2. The van der Waals surface area contributed by atoms with Crippen molar-refractivity contribution in [2.45, 2.75) is 20.0 Å². The normalized spacial score (nSPS) is 10.3. The Morgan fingerprint density at radius 3 is 1.90 bits per heavy atom. The summed E-state index contributed by atoms with van der Waals surface area (Å²) in [7, 11) is 1.03. The predicted octanol–water partition coefficient (Wildman–Crippen LogP) is 3.55. The Morgan fingerprint density at radius 1 is 0.897 bits per heavy atom. The number of benzene rings is 2. The van der Waals surface area contributed by atoms with Crippen LogP contribution in [0.25, 0.3) is 0 Å². The standard InChI is InChI=1S/C20H17BrO8/c1-3-11-5-4-10(6-16(11)21)9-29-20(27)15-8-12(17(22)23)14(19(26)28-2)7-13(15)18(24)25/h4-8H,3,9H2,1-2H3,(H,22,23)(H,24,25). The second-order valence-corrected chi connectivity index (χ2v) is 6.76. The van der Waals surface area contributed by atoms with Gasteiger partial charge in [0.2, 0.25) is 0 Å². The molecule has 2 N–H and O–H groups in total. The number of carbonyl (C=O) groups excluding carboxylic acids is 2. The Hall–Kier alpha value is -3.20. The number of ether oxygens (including phenoxy) is 2. The van der Waals surface area contributed by atoms with E-state index in [1.54, 1.807) is 12.1 Å². The molecule has 152 valence electrons. The van der Waals surface area contributed by atoms with E-state index in [-0.39, 0.29) is 6.61 Å². The van der Waals surface area contributed by atoms with Gasteiger partial charge in [-0.2, -0.15) is 0 Å². The lowest BCUT2D eigenvalue weighted by Crippen LogP contribution is -2.18. The fourth-order valence-electron chi connectivity index (χ4n) is 2.60. The van der Waals surface area contributed by atoms with Crippen LogP contribution in [0.15, 0.2) is 34.8 Å². The number of rotatable bonds is 7. The maximum atomic E-state index is 12.5. The number of hydrogen-bond acceptors (Lipinski definition) is 6. The van der Waals surface area contributed by atoms with Gasteiger partial charge in [-0.05, 0) is 35.7 Å². The summed E-state index contributed by atoms with van der Waals surface area (Å²) in [6.07, 6.45) is 0.813. The molecule has 0 bridgehead atoms. The fourth-order valence-corrected chi connectivity index (χ4v) is 3.30. The summed E-state index contributed by atoms with van der Waals surface area (Å²) in [5.74, 6) is -5.10. The first kappa shape index (κ1) is 22.1. The van der Waals surface area contributed by atoms with Crippen molar-refractivity contribution < 1.29 is 38.9 Å². The van der Waals surface area contributed by atoms with Crippen LogP contribution in [0.2, 0.25) is 0 Å². The van der Waals surface area contributed by atoms with Crippen molar-refractivity contribution in [3.8, 4) is 0 Å². The van der Waals surface area contributed by atoms with Crippen molar-refractivity contribution in [2.75, 3.05) is 7.11 Å². The zero-order valence-corrected chi connectivity index (χ0v) is 17.1. The van der Waals surface area contributed by atoms with Gasteiger partial charge in [0.25, 0.3) is 0 Å². The highest BCUT2D eigenvalue weighted by atomic mass is 79.9. The summed E-state index contributed by atoms with van der Waals surface area (Å²) >= 11 is 3.42. The maximum Gasteiger partial charge on any atom is 0.339 e. The second-order valence-electron chi connectivity index (χ2n) is 5.90. The number of carboxylic acids is 2. The summed E-state index contributed by atoms with van der Waals surface area (Å²) in [4.78, 5) is 47.3. The van der Waals surface area contributed by atoms with E-state index in [9.17, 15) is 29.4 Å². The summed E-state index contributed by atoms with van der Waals surface area (Å²) in [6, 6.07) is 6.99. The molecule has 0 aliphatic carbocycles. The Labute approximate surface area is 174 Å². The van der Waals surface area contributed by atoms with Gasteiger partial charge in [-0.3, -0.25) is 0 Å². The number of halogens is 1. The van der Waals surface area contributed by atoms with Crippen LogP contribution in [0.1, 0.15) is 59.5 Å². The third-order valence-corrected chi connectivity index (χ3v) is 4.85. The van der Waals surface area contributed by atoms with Crippen molar-refractivity contribution >= 4 is 39.8 Å². The molecule has 2 rings (SSSR count). The lowest BCUT2D eigenvalue weighted by Gasteiger charge is -2.12. The van der Waals surface area contributed by atoms with Crippen LogP contribution in [0.4, 0.5) is 0 Å². The van der Waals surface area contributed by atoms with E-state index < -0.39 is 46.1 Å². The second kappa shape index (κ2) is 9.33. The Balaban J connectivity index is 2.38. The zero-order valence-electron chi connectivity index (χ0n) is 15.5. The first-order valence-corrected chi connectivity index (χ1v) is 9.16. The van der Waals surface area contributed by atoms with Crippen molar-refractivity contribution in [2.24, 2.45) is 0 Å². The van der Waals surface area contributed by atoms with Crippen LogP contribution in [0, 0.1) is 0 Å². The molecule has 2 aromatic rings. The van der Waals surface area contributed by atoms with E-state index in [2.05, 4.69) is 20.7 Å². The number of carbonyl (C=O) groups is 4. The maximum absolute atomic E-state index is 12.5. The molecule has 29 heavy (non-hydrogen) atoms. The van der Waals surface area contributed by atoms with Gasteiger partial charge in [-0.15, -0.1) is 0 Å². The first-order valence-electron chi connectivity index (χ1n) is 8.36. The van der Waals surface area contributed by atoms with Crippen LogP contribution in [0.5, 0.6) is 0 Å². The average Bonchev–Trinajstić information content (AvgIpc) is 2.70. The smallest absolute Gasteiger partial charge is 0.339 e. The van der Waals surface area contributed by atoms with Crippen LogP contribution < -0.4 is 0 Å². The van der Waals surface area contributed by atoms with E-state index >= 15 is 0 Å². The highest BCUT2D eigenvalue weighted by Crippen LogP contribution is 2.22. The molecule has 0 spiro atoms. The van der Waals surface area contributed by atoms with Gasteiger partial charge in [-0.25, -0.2) is 19.2 Å². The molecule has 0 unspecified atom stereocenters. The molecule has 2 aromatic carbocycles. The molecule has 0 aliphatic rings. The lowest BCUT2D eigenvalue weighted by molar-refractivity contribution is 0.0461. The van der Waals surface area contributed by atoms with Crippen molar-refractivity contribution in [3.63, 3.8) is 0 Å². The van der Waals surface area contributed by atoms with Gasteiger partial charge in [0.05, 0.1) is 29.4 Å². The summed E-state index contributed by atoms with van der Waals surface area (Å²) < 4.78 is 10.5. The van der Waals surface area contributed by atoms with Crippen LogP contribution in [-0.2, 0) is 22.5 Å². The van der Waals surface area contributed by atoms with E-state index in [0.717, 1.165) is 35.7 Å². The summed E-state index contributed by atoms with van der Waals surface area (Å²) in [5, 5.41) is 18.7. The third kappa shape index (κ3) is 5.00. The Bertz CT molecular complexity index is 996. The molecule has 0 atom stereocenters. The fraction of sp³-hybridized carbons (Fsp3) is 0.200. The molecular weight excluding hydrogens is 448 g/mol. The minimum Gasteiger partial charge on any atom is -0.478 e. The molecule has 0 saturated carbocycles. The van der Waals surface area contributed by atoms with E-state index in [1.165, 1.54) is 0 Å². The zero-order chi connectivity index (χ0) is 21.7. The van der Waals surface area contributed by atoms with Crippen molar-refractivity contribution in [3.05, 3.63) is 68.2 Å². The molecule has 0 heterocycles. The van der Waals surface area contributed by atoms with Gasteiger partial charge in [0, 0.05) is 4.47 Å². The average molecular weight is 465 g/mol. The van der Waals surface area contributed by atoms with E-state index in [0.29, 0.717) is 5.56 Å². The van der Waals surface area contributed by atoms with Crippen LogP contribution in [0.3, 0.4) is 0 Å². The molecule has 0 fully saturated rings. The lowest BCUT2D eigenvalue weighted by atomic mass is 9.98. The van der Waals surface area contributed by atoms with Gasteiger partial charge < -0.3 is 19.7 Å². The van der Waals surface area contributed by atoms with Gasteiger partial charge in [-0.1, -0.05) is 35.0 Å². The van der Waals surface area contributed by atoms with Crippen molar-refractivity contribution in [1.82, 2.24) is 0 Å². The predicted molar refractivity (Wildman–Crippen MR) is 104 cm³/mol. The quantitative estimate of drug-likeness (QED) is 0.595. The molecular formula is C20H17BrO8. The van der Waals surface area contributed by atoms with E-state index in [4.69, 9.17) is 4.74 Å². The number of methoxy groups -OCH3 is 1. The highest BCUT2D eigenvalue weighted by Gasteiger charge is 2.26. The topological polar surface area (TPSA) is 127 Å². The molecule has 0 aromatic heterocycles. The molecule has 8 nitrogen and oxygen atoms in total. The number of aromatic carboxylic acids is 2. The summed E-state index contributed by atoms with van der Waals surface area (Å²) in [6.45, 7) is 1.84. The summed E-state index contributed by atoms with van der Waals surface area (Å²) in [5.41, 5.74) is -0.367. The first-order chi connectivity index (χ1) is 13.7. The Kier molecular flexibility index (Phi) is 7.11. The SMILES string of the molecule is CCc1ccc(COC(=O)c2cc(C(=O)O)c(C(=O)OC)cc2C(=O)O)cc1Br. The minimum absolute atomic E-state index is 0.151. The van der Waals surface area contributed by atoms with Crippen LogP contribution in [-0.4, -0.2) is 41.2 Å². The molecule has 9 heteroatoms. The third-order valence-electron chi connectivity index (χ3n) is 4.11. The molecule has 0 aliphatic heterocycles. The molecule has 0 radical (unpaired) electrons. The highest BCUT2D eigenvalue weighted by molar-refractivity contribution is 9.10. The number of aryl methyl sites for hydroxylation is 1. The number of esters is 2. The Morgan fingerprint density at radius 2 is 1.45 bits per heavy atom. The minimum atomic E-state index is -1.52. The van der Waals surface area contributed by atoms with Crippen molar-refractivity contribution in [1.29, 1.82) is 0 Å².